The molecular formula is C11H18O4. The lowest BCUT2D eigenvalue weighted by Gasteiger charge is -2.26. The maximum atomic E-state index is 11.2. The zero-order valence-electron chi connectivity index (χ0n) is 9.07. The van der Waals surface area contributed by atoms with Gasteiger partial charge in [-0.2, -0.15) is 0 Å². The Morgan fingerprint density at radius 1 is 1.33 bits per heavy atom. The number of aliphatic carboxylic acids is 1. The third kappa shape index (κ3) is 4.81. The summed E-state index contributed by atoms with van der Waals surface area (Å²) in [6.45, 7) is 2.15. The van der Waals surface area contributed by atoms with Crippen LogP contribution >= 0.6 is 0 Å². The molecule has 0 aromatic rings. The first-order valence-electron chi connectivity index (χ1n) is 5.49. The highest BCUT2D eigenvalue weighted by atomic mass is 16.5. The fourth-order valence-corrected chi connectivity index (χ4v) is 1.94. The summed E-state index contributed by atoms with van der Waals surface area (Å²) >= 11 is 0. The van der Waals surface area contributed by atoms with E-state index in [0.29, 0.717) is 5.92 Å². The highest BCUT2D eigenvalue weighted by molar-refractivity contribution is 5.76. The molecule has 2 atom stereocenters. The van der Waals surface area contributed by atoms with Gasteiger partial charge in [-0.1, -0.05) is 13.3 Å². The van der Waals surface area contributed by atoms with Gasteiger partial charge in [0.1, 0.15) is 6.10 Å². The lowest BCUT2D eigenvalue weighted by molar-refractivity contribution is -0.153. The summed E-state index contributed by atoms with van der Waals surface area (Å²) in [5, 5.41) is 8.40. The van der Waals surface area contributed by atoms with E-state index in [-0.39, 0.29) is 24.9 Å². The van der Waals surface area contributed by atoms with Gasteiger partial charge in [0.15, 0.2) is 0 Å². The second-order valence-corrected chi connectivity index (χ2v) is 4.28. The Bertz CT molecular complexity index is 237. The smallest absolute Gasteiger partial charge is 0.306 e. The van der Waals surface area contributed by atoms with Crippen molar-refractivity contribution >= 4 is 11.9 Å². The number of hydrogen-bond donors (Lipinski definition) is 1. The lowest BCUT2D eigenvalue weighted by Crippen LogP contribution is -2.24. The van der Waals surface area contributed by atoms with E-state index in [1.807, 2.05) is 0 Å². The van der Waals surface area contributed by atoms with E-state index in [2.05, 4.69) is 6.92 Å². The van der Waals surface area contributed by atoms with E-state index in [0.717, 1.165) is 19.3 Å². The molecule has 1 N–H and O–H groups in total. The first-order chi connectivity index (χ1) is 7.08. The Kier molecular flexibility index (Phi) is 4.59. The Labute approximate surface area is 89.6 Å². The number of carboxylic acid groups (broad SMARTS) is 1. The molecule has 2 unspecified atom stereocenters. The maximum absolute atomic E-state index is 11.2. The van der Waals surface area contributed by atoms with E-state index in [1.54, 1.807) is 0 Å². The molecule has 0 heterocycles. The van der Waals surface area contributed by atoms with Crippen molar-refractivity contribution in [3.8, 4) is 0 Å². The van der Waals surface area contributed by atoms with E-state index in [1.165, 1.54) is 6.42 Å². The molecule has 0 aromatic heterocycles. The van der Waals surface area contributed by atoms with E-state index in [9.17, 15) is 9.59 Å². The van der Waals surface area contributed by atoms with Gasteiger partial charge in [0, 0.05) is 0 Å². The SMILES string of the molecule is CC1CCCC(OC(=O)CCC(=O)O)C1. The molecule has 1 saturated carbocycles. The van der Waals surface area contributed by atoms with Crippen molar-refractivity contribution in [2.75, 3.05) is 0 Å². The molecule has 15 heavy (non-hydrogen) atoms. The van der Waals surface area contributed by atoms with Gasteiger partial charge in [0.2, 0.25) is 0 Å². The normalized spacial score (nSPS) is 25.9. The number of carbonyl (C=O) groups is 2. The molecule has 0 spiro atoms. The van der Waals surface area contributed by atoms with Crippen LogP contribution in [0.15, 0.2) is 0 Å². The molecule has 1 aliphatic rings. The summed E-state index contributed by atoms with van der Waals surface area (Å²) in [5.74, 6) is -0.725. The highest BCUT2D eigenvalue weighted by Gasteiger charge is 2.22. The zero-order valence-corrected chi connectivity index (χ0v) is 9.07. The van der Waals surface area contributed by atoms with Crippen molar-refractivity contribution in [2.24, 2.45) is 5.92 Å². The Balaban J connectivity index is 2.22. The van der Waals surface area contributed by atoms with Crippen LogP contribution in [0.1, 0.15) is 45.4 Å². The number of ether oxygens (including phenoxy) is 1. The third-order valence-corrected chi connectivity index (χ3v) is 2.73. The quantitative estimate of drug-likeness (QED) is 0.727. The van der Waals surface area contributed by atoms with Crippen molar-refractivity contribution in [1.29, 1.82) is 0 Å². The molecule has 0 radical (unpaired) electrons. The van der Waals surface area contributed by atoms with Crippen LogP contribution in [0.3, 0.4) is 0 Å². The van der Waals surface area contributed by atoms with Crippen LogP contribution in [0.2, 0.25) is 0 Å². The molecule has 0 bridgehead atoms. The maximum Gasteiger partial charge on any atom is 0.306 e. The monoisotopic (exact) mass is 214 g/mol. The molecule has 0 amide bonds. The minimum Gasteiger partial charge on any atom is -0.481 e. The van der Waals surface area contributed by atoms with Gasteiger partial charge < -0.3 is 9.84 Å². The highest BCUT2D eigenvalue weighted by Crippen LogP contribution is 2.25. The van der Waals surface area contributed by atoms with Crippen molar-refractivity contribution < 1.29 is 19.4 Å². The summed E-state index contributed by atoms with van der Waals surface area (Å²) in [5.41, 5.74) is 0. The predicted octanol–water partition coefficient (Wildman–Crippen LogP) is 1.97. The van der Waals surface area contributed by atoms with Crippen LogP contribution in [0.4, 0.5) is 0 Å². The van der Waals surface area contributed by atoms with E-state index >= 15 is 0 Å². The molecule has 0 aliphatic heterocycles. The van der Waals surface area contributed by atoms with Crippen LogP contribution in [0, 0.1) is 5.92 Å². The van der Waals surface area contributed by atoms with Gasteiger partial charge in [0.05, 0.1) is 12.8 Å². The van der Waals surface area contributed by atoms with Gasteiger partial charge >= 0.3 is 11.9 Å². The third-order valence-electron chi connectivity index (χ3n) is 2.73. The van der Waals surface area contributed by atoms with Gasteiger partial charge in [-0.15, -0.1) is 0 Å². The predicted molar refractivity (Wildman–Crippen MR) is 54.4 cm³/mol. The first-order valence-corrected chi connectivity index (χ1v) is 5.49. The van der Waals surface area contributed by atoms with Crippen molar-refractivity contribution in [3.05, 3.63) is 0 Å². The van der Waals surface area contributed by atoms with E-state index < -0.39 is 5.97 Å². The molecule has 4 heteroatoms. The molecule has 1 aliphatic carbocycles. The summed E-state index contributed by atoms with van der Waals surface area (Å²) in [7, 11) is 0. The Morgan fingerprint density at radius 3 is 2.67 bits per heavy atom. The molecule has 4 nitrogen and oxygen atoms in total. The minimum atomic E-state index is -0.955. The van der Waals surface area contributed by atoms with Gasteiger partial charge in [-0.05, 0) is 25.2 Å². The number of rotatable bonds is 4. The van der Waals surface area contributed by atoms with E-state index in [4.69, 9.17) is 9.84 Å². The second-order valence-electron chi connectivity index (χ2n) is 4.28. The largest absolute Gasteiger partial charge is 0.481 e. The number of carbonyl (C=O) groups excluding carboxylic acids is 1. The van der Waals surface area contributed by atoms with Crippen molar-refractivity contribution in [1.82, 2.24) is 0 Å². The molecule has 86 valence electrons. The van der Waals surface area contributed by atoms with Gasteiger partial charge in [-0.25, -0.2) is 0 Å². The number of carboxylic acids is 1. The number of hydrogen-bond acceptors (Lipinski definition) is 3. The summed E-state index contributed by atoms with van der Waals surface area (Å²) in [4.78, 5) is 21.5. The summed E-state index contributed by atoms with van der Waals surface area (Å²) < 4.78 is 5.21. The molecule has 1 rings (SSSR count). The average Bonchev–Trinajstić information content (AvgIpc) is 2.15. The molecule has 1 fully saturated rings. The van der Waals surface area contributed by atoms with Crippen LogP contribution < -0.4 is 0 Å². The number of esters is 1. The van der Waals surface area contributed by atoms with Crippen LogP contribution in [0.25, 0.3) is 0 Å². The van der Waals surface area contributed by atoms with Crippen LogP contribution in [0.5, 0.6) is 0 Å². The molecule has 0 saturated heterocycles. The van der Waals surface area contributed by atoms with Crippen LogP contribution in [-0.4, -0.2) is 23.1 Å². The van der Waals surface area contributed by atoms with Crippen LogP contribution in [-0.2, 0) is 14.3 Å². The minimum absolute atomic E-state index is 0.00930. The summed E-state index contributed by atoms with van der Waals surface area (Å²) in [6, 6.07) is 0. The van der Waals surface area contributed by atoms with Gasteiger partial charge in [-0.3, -0.25) is 9.59 Å². The second kappa shape index (κ2) is 5.73. The fraction of sp³-hybridized carbons (Fsp3) is 0.818. The Hall–Kier alpha value is -1.06. The summed E-state index contributed by atoms with van der Waals surface area (Å²) in [6.07, 6.45) is 3.99. The lowest BCUT2D eigenvalue weighted by atomic mass is 9.89. The first kappa shape index (κ1) is 12.0. The Morgan fingerprint density at radius 2 is 2.07 bits per heavy atom. The zero-order chi connectivity index (χ0) is 11.3. The standard InChI is InChI=1S/C11H18O4/c1-8-3-2-4-9(7-8)15-11(14)6-5-10(12)13/h8-9H,2-7H2,1H3,(H,12,13). The van der Waals surface area contributed by atoms with Crippen molar-refractivity contribution in [3.63, 3.8) is 0 Å². The fourth-order valence-electron chi connectivity index (χ4n) is 1.94. The van der Waals surface area contributed by atoms with Gasteiger partial charge in [0.25, 0.3) is 0 Å². The molecule has 0 aromatic carbocycles. The van der Waals surface area contributed by atoms with Crippen molar-refractivity contribution in [2.45, 2.75) is 51.6 Å². The topological polar surface area (TPSA) is 63.6 Å². The molecular weight excluding hydrogens is 196 g/mol. The average molecular weight is 214 g/mol.